The minimum Gasteiger partial charge on any atom is -0.405 e. The monoisotopic (exact) mass is 353 g/mol. The molecule has 2 N–H and O–H groups in total. The maximum absolute atomic E-state index is 12.5. The van der Waals surface area contributed by atoms with Crippen molar-refractivity contribution in [3.8, 4) is 5.75 Å². The number of alkyl halides is 3. The van der Waals surface area contributed by atoms with Crippen molar-refractivity contribution in [2.45, 2.75) is 19.3 Å². The maximum Gasteiger partial charge on any atom is 0.573 e. The largest absolute Gasteiger partial charge is 0.573 e. The Kier molecular flexibility index (Phi) is 4.39. The van der Waals surface area contributed by atoms with Crippen LogP contribution in [0.2, 0.25) is 0 Å². The van der Waals surface area contributed by atoms with Gasteiger partial charge in [-0.2, -0.15) is 0 Å². The van der Waals surface area contributed by atoms with Gasteiger partial charge in [0.1, 0.15) is 11.4 Å². The van der Waals surface area contributed by atoms with Gasteiger partial charge in [0, 0.05) is 36.0 Å². The molecule has 3 rings (SSSR count). The molecule has 2 aromatic carbocycles. The highest BCUT2D eigenvalue weighted by Gasteiger charge is 2.32. The molecule has 1 aliphatic rings. The molecular weight excluding hydrogens is 339 g/mol. The molecule has 0 bridgehead atoms. The number of fused-ring (bicyclic) bond motifs is 1. The summed E-state index contributed by atoms with van der Waals surface area (Å²) in [5.74, 6) is -0.337. The van der Waals surface area contributed by atoms with Crippen molar-refractivity contribution in [3.05, 3.63) is 57.6 Å². The summed E-state index contributed by atoms with van der Waals surface area (Å²) in [5, 5.41) is 17.3. The minimum atomic E-state index is -4.81. The van der Waals surface area contributed by atoms with Gasteiger partial charge in [0.2, 0.25) is 0 Å². The third kappa shape index (κ3) is 3.76. The second-order valence-electron chi connectivity index (χ2n) is 5.43. The lowest BCUT2D eigenvalue weighted by atomic mass is 10.1. The number of nitro benzene ring substituents is 1. The molecule has 0 saturated heterocycles. The average Bonchev–Trinajstić information content (AvgIpc) is 3.00. The Morgan fingerprint density at radius 2 is 2.00 bits per heavy atom. The van der Waals surface area contributed by atoms with Crippen molar-refractivity contribution in [1.29, 1.82) is 0 Å². The van der Waals surface area contributed by atoms with E-state index < -0.39 is 11.3 Å². The van der Waals surface area contributed by atoms with E-state index in [0.29, 0.717) is 18.7 Å². The highest BCUT2D eigenvalue weighted by Crippen LogP contribution is 2.37. The molecule has 6 nitrogen and oxygen atoms in total. The predicted octanol–water partition coefficient (Wildman–Crippen LogP) is 4.07. The topological polar surface area (TPSA) is 76.4 Å². The van der Waals surface area contributed by atoms with Crippen molar-refractivity contribution < 1.29 is 22.8 Å². The molecule has 0 aromatic heterocycles. The number of nitrogens with zero attached hydrogens (tertiary/aromatic N) is 1. The fraction of sp³-hybridized carbons (Fsp3) is 0.250. The van der Waals surface area contributed by atoms with Crippen molar-refractivity contribution in [2.24, 2.45) is 0 Å². The molecule has 0 atom stereocenters. The third-order valence-corrected chi connectivity index (χ3v) is 3.83. The van der Waals surface area contributed by atoms with Gasteiger partial charge in [-0.25, -0.2) is 0 Å². The first kappa shape index (κ1) is 16.9. The molecule has 0 saturated carbocycles. The van der Waals surface area contributed by atoms with Gasteiger partial charge < -0.3 is 15.4 Å². The van der Waals surface area contributed by atoms with Crippen LogP contribution in [-0.4, -0.2) is 17.8 Å². The molecule has 9 heteroatoms. The summed E-state index contributed by atoms with van der Waals surface area (Å²) in [7, 11) is 0. The number of halogens is 3. The summed E-state index contributed by atoms with van der Waals surface area (Å²) in [6, 6.07) is 8.68. The molecule has 0 aliphatic carbocycles. The SMILES string of the molecule is O=[N+]([O-])c1ccc2c(c1NCc1ccccc1OC(F)(F)F)CCN2. The lowest BCUT2D eigenvalue weighted by Crippen LogP contribution is -2.18. The number of nitro groups is 1. The second-order valence-corrected chi connectivity index (χ2v) is 5.43. The van der Waals surface area contributed by atoms with Crippen LogP contribution in [0, 0.1) is 10.1 Å². The Bertz CT molecular complexity index is 809. The summed E-state index contributed by atoms with van der Waals surface area (Å²) in [5.41, 5.74) is 1.99. The zero-order chi connectivity index (χ0) is 18.0. The summed E-state index contributed by atoms with van der Waals surface area (Å²) in [4.78, 5) is 10.7. The Hall–Kier alpha value is -2.97. The molecule has 2 aromatic rings. The number of hydrogen-bond acceptors (Lipinski definition) is 5. The lowest BCUT2D eigenvalue weighted by Gasteiger charge is -2.15. The van der Waals surface area contributed by atoms with E-state index in [-0.39, 0.29) is 23.5 Å². The van der Waals surface area contributed by atoms with Crippen LogP contribution < -0.4 is 15.4 Å². The molecular formula is C16H14F3N3O3. The van der Waals surface area contributed by atoms with Crippen LogP contribution in [-0.2, 0) is 13.0 Å². The van der Waals surface area contributed by atoms with Crippen molar-refractivity contribution in [2.75, 3.05) is 17.2 Å². The molecule has 25 heavy (non-hydrogen) atoms. The van der Waals surface area contributed by atoms with Gasteiger partial charge in [-0.15, -0.1) is 13.2 Å². The van der Waals surface area contributed by atoms with Crippen LogP contribution >= 0.6 is 0 Å². The first-order valence-electron chi connectivity index (χ1n) is 7.47. The zero-order valence-electron chi connectivity index (χ0n) is 12.9. The minimum absolute atomic E-state index is 0.0381. The Morgan fingerprint density at radius 1 is 1.24 bits per heavy atom. The van der Waals surface area contributed by atoms with E-state index in [9.17, 15) is 23.3 Å². The fourth-order valence-corrected chi connectivity index (χ4v) is 2.79. The molecule has 1 heterocycles. The smallest absolute Gasteiger partial charge is 0.405 e. The van der Waals surface area contributed by atoms with Gasteiger partial charge in [0.05, 0.1) is 4.92 Å². The van der Waals surface area contributed by atoms with Crippen LogP contribution in [0.4, 0.5) is 30.2 Å². The van der Waals surface area contributed by atoms with Gasteiger partial charge in [0.25, 0.3) is 5.69 Å². The molecule has 1 aliphatic heterocycles. The van der Waals surface area contributed by atoms with E-state index in [1.165, 1.54) is 24.3 Å². The number of anilines is 2. The third-order valence-electron chi connectivity index (χ3n) is 3.83. The zero-order valence-corrected chi connectivity index (χ0v) is 12.9. The van der Waals surface area contributed by atoms with Gasteiger partial charge in [-0.3, -0.25) is 10.1 Å². The van der Waals surface area contributed by atoms with E-state index in [4.69, 9.17) is 0 Å². The summed E-state index contributed by atoms with van der Waals surface area (Å²) >= 11 is 0. The first-order chi connectivity index (χ1) is 11.8. The van der Waals surface area contributed by atoms with Crippen LogP contribution in [0.25, 0.3) is 0 Å². The molecule has 132 valence electrons. The highest BCUT2D eigenvalue weighted by molar-refractivity contribution is 5.77. The first-order valence-corrected chi connectivity index (χ1v) is 7.47. The molecule has 0 fully saturated rings. The number of ether oxygens (including phenoxy) is 1. The summed E-state index contributed by atoms with van der Waals surface area (Å²) < 4.78 is 41.5. The van der Waals surface area contributed by atoms with E-state index >= 15 is 0 Å². The molecule has 0 amide bonds. The van der Waals surface area contributed by atoms with Gasteiger partial charge >= 0.3 is 6.36 Å². The Morgan fingerprint density at radius 3 is 2.72 bits per heavy atom. The Balaban J connectivity index is 1.88. The number of nitrogens with one attached hydrogen (secondary N) is 2. The van der Waals surface area contributed by atoms with Gasteiger partial charge in [-0.1, -0.05) is 18.2 Å². The van der Waals surface area contributed by atoms with Gasteiger partial charge in [0.15, 0.2) is 0 Å². The van der Waals surface area contributed by atoms with Crippen molar-refractivity contribution in [1.82, 2.24) is 0 Å². The quantitative estimate of drug-likeness (QED) is 0.626. The van der Waals surface area contributed by atoms with Crippen LogP contribution in [0.1, 0.15) is 11.1 Å². The molecule has 0 spiro atoms. The van der Waals surface area contributed by atoms with Crippen LogP contribution in [0.3, 0.4) is 0 Å². The molecule has 0 radical (unpaired) electrons. The second kappa shape index (κ2) is 6.50. The normalized spacial score (nSPS) is 13.1. The maximum atomic E-state index is 12.5. The van der Waals surface area contributed by atoms with Crippen LogP contribution in [0.15, 0.2) is 36.4 Å². The fourth-order valence-electron chi connectivity index (χ4n) is 2.79. The molecule has 0 unspecified atom stereocenters. The van der Waals surface area contributed by atoms with E-state index in [1.807, 2.05) is 0 Å². The number of rotatable bonds is 5. The van der Waals surface area contributed by atoms with E-state index in [1.54, 1.807) is 12.1 Å². The summed E-state index contributed by atoms with van der Waals surface area (Å²) in [6.45, 7) is 0.614. The van der Waals surface area contributed by atoms with Gasteiger partial charge in [-0.05, 0) is 18.6 Å². The van der Waals surface area contributed by atoms with Crippen molar-refractivity contribution >= 4 is 17.1 Å². The van der Waals surface area contributed by atoms with E-state index in [2.05, 4.69) is 15.4 Å². The number of hydrogen-bond donors (Lipinski definition) is 2. The average molecular weight is 353 g/mol. The van der Waals surface area contributed by atoms with Crippen molar-refractivity contribution in [3.63, 3.8) is 0 Å². The lowest BCUT2D eigenvalue weighted by molar-refractivity contribution is -0.384. The number of benzene rings is 2. The predicted molar refractivity (Wildman–Crippen MR) is 85.7 cm³/mol. The standard InChI is InChI=1S/C16H14F3N3O3/c17-16(18,19)25-14-4-2-1-3-10(14)9-21-15-11-7-8-20-12(11)5-6-13(15)22(23)24/h1-6,20-21H,7-9H2. The van der Waals surface area contributed by atoms with Crippen LogP contribution in [0.5, 0.6) is 5.75 Å². The number of para-hydroxylation sites is 1. The Labute approximate surface area is 140 Å². The van der Waals surface area contributed by atoms with E-state index in [0.717, 1.165) is 11.3 Å². The summed E-state index contributed by atoms with van der Waals surface area (Å²) in [6.07, 6.45) is -4.21. The highest BCUT2D eigenvalue weighted by atomic mass is 19.4.